The number of hydrogen-bond donors (Lipinski definition) is 2. The standard InChI is InChI=1S/C17H19N7O2/c18-15-14-16(20-9-19-14)22-17(21-15)24-5-3-23(4-6-24)8-11-1-2-12-13(7-11)26-10-25-12/h1-2,7,9H,3-6,8,10H2,(H3,18,19,20,21,22). The van der Waals surface area contributed by atoms with Gasteiger partial charge in [0.05, 0.1) is 6.33 Å². The van der Waals surface area contributed by atoms with Crippen LogP contribution in [0.5, 0.6) is 11.5 Å². The van der Waals surface area contributed by atoms with E-state index in [1.807, 2.05) is 6.07 Å². The molecule has 1 saturated heterocycles. The fourth-order valence-electron chi connectivity index (χ4n) is 3.39. The molecule has 2 aliphatic heterocycles. The molecule has 134 valence electrons. The minimum atomic E-state index is 0.306. The van der Waals surface area contributed by atoms with Crippen LogP contribution in [0, 0.1) is 0 Å². The van der Waals surface area contributed by atoms with Crippen LogP contribution in [0.1, 0.15) is 5.56 Å². The number of ether oxygens (including phenoxy) is 2. The van der Waals surface area contributed by atoms with E-state index < -0.39 is 0 Å². The molecule has 0 unspecified atom stereocenters. The number of piperazine rings is 1. The molecule has 2 aliphatic rings. The Labute approximate surface area is 149 Å². The fourth-order valence-corrected chi connectivity index (χ4v) is 3.39. The van der Waals surface area contributed by atoms with Crippen LogP contribution in [-0.2, 0) is 6.54 Å². The summed E-state index contributed by atoms with van der Waals surface area (Å²) in [5.41, 5.74) is 8.52. The number of aromatic amines is 1. The van der Waals surface area contributed by atoms with Gasteiger partial charge in [0.25, 0.3) is 0 Å². The number of nitrogens with one attached hydrogen (secondary N) is 1. The number of nitrogens with two attached hydrogens (primary N) is 1. The molecule has 0 radical (unpaired) electrons. The molecule has 9 heteroatoms. The number of imidazole rings is 1. The molecule has 5 rings (SSSR count). The zero-order valence-corrected chi connectivity index (χ0v) is 14.2. The van der Waals surface area contributed by atoms with Crippen LogP contribution in [-0.4, -0.2) is 57.8 Å². The van der Waals surface area contributed by atoms with Crippen molar-refractivity contribution in [1.29, 1.82) is 0 Å². The maximum Gasteiger partial charge on any atom is 0.231 e. The molecule has 26 heavy (non-hydrogen) atoms. The van der Waals surface area contributed by atoms with E-state index in [1.54, 1.807) is 6.33 Å². The van der Waals surface area contributed by atoms with E-state index in [0.29, 0.717) is 29.7 Å². The van der Waals surface area contributed by atoms with Crippen molar-refractivity contribution < 1.29 is 9.47 Å². The van der Waals surface area contributed by atoms with Crippen LogP contribution in [0.3, 0.4) is 0 Å². The highest BCUT2D eigenvalue weighted by atomic mass is 16.7. The van der Waals surface area contributed by atoms with E-state index in [-0.39, 0.29) is 0 Å². The van der Waals surface area contributed by atoms with E-state index >= 15 is 0 Å². The Bertz CT molecular complexity index is 949. The lowest BCUT2D eigenvalue weighted by atomic mass is 10.1. The summed E-state index contributed by atoms with van der Waals surface area (Å²) in [7, 11) is 0. The Kier molecular flexibility index (Phi) is 3.52. The van der Waals surface area contributed by atoms with Gasteiger partial charge >= 0.3 is 0 Å². The summed E-state index contributed by atoms with van der Waals surface area (Å²) in [6, 6.07) is 6.13. The van der Waals surface area contributed by atoms with E-state index in [1.165, 1.54) is 5.56 Å². The van der Waals surface area contributed by atoms with E-state index in [2.05, 4.69) is 41.9 Å². The highest BCUT2D eigenvalue weighted by Gasteiger charge is 2.21. The minimum Gasteiger partial charge on any atom is -0.454 e. The zero-order chi connectivity index (χ0) is 17.5. The Morgan fingerprint density at radius 1 is 1.08 bits per heavy atom. The number of nitrogen functional groups attached to an aromatic ring is 1. The lowest BCUT2D eigenvalue weighted by Gasteiger charge is -2.34. The van der Waals surface area contributed by atoms with Crippen molar-refractivity contribution in [2.24, 2.45) is 0 Å². The summed E-state index contributed by atoms with van der Waals surface area (Å²) in [6.45, 7) is 4.74. The molecule has 1 aromatic carbocycles. The second-order valence-corrected chi connectivity index (χ2v) is 6.46. The van der Waals surface area contributed by atoms with Crippen LogP contribution >= 0.6 is 0 Å². The molecule has 4 heterocycles. The summed E-state index contributed by atoms with van der Waals surface area (Å²) < 4.78 is 10.8. The minimum absolute atomic E-state index is 0.306. The maximum absolute atomic E-state index is 6.00. The first-order chi connectivity index (χ1) is 12.8. The molecule has 0 aliphatic carbocycles. The molecule has 0 bridgehead atoms. The van der Waals surface area contributed by atoms with Crippen molar-refractivity contribution >= 4 is 22.9 Å². The fraction of sp³-hybridized carbons (Fsp3) is 0.353. The normalized spacial score (nSPS) is 17.2. The third kappa shape index (κ3) is 2.66. The number of rotatable bonds is 3. The highest BCUT2D eigenvalue weighted by molar-refractivity contribution is 5.82. The lowest BCUT2D eigenvalue weighted by molar-refractivity contribution is 0.174. The zero-order valence-electron chi connectivity index (χ0n) is 14.2. The first-order valence-electron chi connectivity index (χ1n) is 8.59. The summed E-state index contributed by atoms with van der Waals surface area (Å²) in [4.78, 5) is 20.6. The van der Waals surface area contributed by atoms with Crippen molar-refractivity contribution in [3.8, 4) is 11.5 Å². The largest absolute Gasteiger partial charge is 0.454 e. The smallest absolute Gasteiger partial charge is 0.231 e. The third-order valence-electron chi connectivity index (χ3n) is 4.80. The Morgan fingerprint density at radius 3 is 2.81 bits per heavy atom. The number of hydrogen-bond acceptors (Lipinski definition) is 8. The second-order valence-electron chi connectivity index (χ2n) is 6.46. The van der Waals surface area contributed by atoms with Crippen molar-refractivity contribution in [3.05, 3.63) is 30.1 Å². The molecule has 0 atom stereocenters. The summed E-state index contributed by atoms with van der Waals surface area (Å²) in [5.74, 6) is 2.73. The maximum atomic E-state index is 6.00. The van der Waals surface area contributed by atoms with Gasteiger partial charge in [-0.15, -0.1) is 0 Å². The van der Waals surface area contributed by atoms with Gasteiger partial charge in [0, 0.05) is 32.7 Å². The predicted molar refractivity (Wildman–Crippen MR) is 96.2 cm³/mol. The van der Waals surface area contributed by atoms with Crippen molar-refractivity contribution in [2.45, 2.75) is 6.54 Å². The average molecular weight is 353 g/mol. The van der Waals surface area contributed by atoms with Crippen molar-refractivity contribution in [3.63, 3.8) is 0 Å². The molecule has 3 N–H and O–H groups in total. The van der Waals surface area contributed by atoms with Crippen molar-refractivity contribution in [2.75, 3.05) is 43.6 Å². The molecular formula is C17H19N7O2. The number of anilines is 2. The van der Waals surface area contributed by atoms with Gasteiger partial charge in [-0.25, -0.2) is 4.98 Å². The lowest BCUT2D eigenvalue weighted by Crippen LogP contribution is -2.46. The Balaban J connectivity index is 1.25. The molecule has 0 spiro atoms. The van der Waals surface area contributed by atoms with Crippen LogP contribution in [0.25, 0.3) is 11.2 Å². The summed E-state index contributed by atoms with van der Waals surface area (Å²) in [6.07, 6.45) is 1.59. The Morgan fingerprint density at radius 2 is 1.92 bits per heavy atom. The van der Waals surface area contributed by atoms with E-state index in [0.717, 1.165) is 44.2 Å². The summed E-state index contributed by atoms with van der Waals surface area (Å²) >= 11 is 0. The SMILES string of the molecule is Nc1nc(N2CCN(Cc3ccc4c(c3)OCO4)CC2)nc2nc[nH]c12. The van der Waals surface area contributed by atoms with Gasteiger partial charge in [-0.05, 0) is 17.7 Å². The van der Waals surface area contributed by atoms with Gasteiger partial charge in [0.2, 0.25) is 12.7 Å². The van der Waals surface area contributed by atoms with Gasteiger partial charge in [-0.3, -0.25) is 4.90 Å². The molecule has 0 saturated carbocycles. The van der Waals surface area contributed by atoms with Crippen molar-refractivity contribution in [1.82, 2.24) is 24.8 Å². The van der Waals surface area contributed by atoms with Crippen LogP contribution in [0.2, 0.25) is 0 Å². The van der Waals surface area contributed by atoms with Gasteiger partial charge < -0.3 is 25.1 Å². The molecule has 3 aromatic rings. The topological polar surface area (TPSA) is 105 Å². The first-order valence-corrected chi connectivity index (χ1v) is 8.59. The van der Waals surface area contributed by atoms with Gasteiger partial charge in [0.1, 0.15) is 5.52 Å². The second kappa shape index (κ2) is 6.03. The Hall–Kier alpha value is -3.07. The quantitative estimate of drug-likeness (QED) is 0.718. The molecule has 0 amide bonds. The van der Waals surface area contributed by atoms with Crippen LogP contribution in [0.15, 0.2) is 24.5 Å². The molecule has 1 fully saturated rings. The monoisotopic (exact) mass is 353 g/mol. The number of fused-ring (bicyclic) bond motifs is 2. The number of benzene rings is 1. The number of aromatic nitrogens is 4. The summed E-state index contributed by atoms with van der Waals surface area (Å²) in [5, 5.41) is 0. The molecule has 9 nitrogen and oxygen atoms in total. The molecular weight excluding hydrogens is 334 g/mol. The van der Waals surface area contributed by atoms with Crippen LogP contribution in [0.4, 0.5) is 11.8 Å². The average Bonchev–Trinajstić information content (AvgIpc) is 3.31. The first kappa shape index (κ1) is 15.2. The van der Waals surface area contributed by atoms with Gasteiger partial charge in [-0.1, -0.05) is 6.07 Å². The van der Waals surface area contributed by atoms with Gasteiger partial charge in [-0.2, -0.15) is 9.97 Å². The van der Waals surface area contributed by atoms with Crippen LogP contribution < -0.4 is 20.1 Å². The highest BCUT2D eigenvalue weighted by Crippen LogP contribution is 2.33. The van der Waals surface area contributed by atoms with Gasteiger partial charge in [0.15, 0.2) is 23.0 Å². The predicted octanol–water partition coefficient (Wildman–Crippen LogP) is 0.986. The number of H-pyrrole nitrogens is 1. The molecule has 2 aromatic heterocycles. The number of nitrogens with zero attached hydrogens (tertiary/aromatic N) is 5. The van der Waals surface area contributed by atoms with E-state index in [4.69, 9.17) is 15.2 Å². The van der Waals surface area contributed by atoms with E-state index in [9.17, 15) is 0 Å². The third-order valence-corrected chi connectivity index (χ3v) is 4.80.